The van der Waals surface area contributed by atoms with E-state index in [0.29, 0.717) is 31.6 Å². The monoisotopic (exact) mass is 378 g/mol. The van der Waals surface area contributed by atoms with Crippen molar-refractivity contribution in [2.24, 2.45) is 0 Å². The first kappa shape index (κ1) is 20.3. The van der Waals surface area contributed by atoms with E-state index in [1.54, 1.807) is 16.7 Å². The Balaban J connectivity index is 1.95. The maximum absolute atomic E-state index is 12.3. The second-order valence-electron chi connectivity index (χ2n) is 6.64. The molecule has 2 N–H and O–H groups in total. The maximum Gasteiger partial charge on any atom is 0.326 e. The summed E-state index contributed by atoms with van der Waals surface area (Å²) < 4.78 is 0. The number of aryl methyl sites for hydroxylation is 1. The normalized spacial score (nSPS) is 18.0. The van der Waals surface area contributed by atoms with E-state index in [1.807, 2.05) is 37.4 Å². The number of carboxylic acid groups (broad SMARTS) is 1. The third-order valence-electron chi connectivity index (χ3n) is 4.59. The van der Waals surface area contributed by atoms with Gasteiger partial charge in [0.05, 0.1) is 0 Å². The molecule has 1 aliphatic rings. The van der Waals surface area contributed by atoms with Gasteiger partial charge in [0, 0.05) is 25.4 Å². The van der Waals surface area contributed by atoms with Gasteiger partial charge in [-0.15, -0.1) is 0 Å². The quantitative estimate of drug-likeness (QED) is 0.688. The van der Waals surface area contributed by atoms with Gasteiger partial charge in [0.25, 0.3) is 0 Å². The average Bonchev–Trinajstić information content (AvgIpc) is 2.93. The number of carboxylic acids is 1. The van der Waals surface area contributed by atoms with Crippen molar-refractivity contribution in [1.29, 1.82) is 0 Å². The molecule has 1 saturated heterocycles. The van der Waals surface area contributed by atoms with Gasteiger partial charge in [-0.05, 0) is 37.3 Å². The lowest BCUT2D eigenvalue weighted by atomic mass is 10.1. The summed E-state index contributed by atoms with van der Waals surface area (Å²) in [6.45, 7) is 2.49. The highest BCUT2D eigenvalue weighted by molar-refractivity contribution is 7.98. The van der Waals surface area contributed by atoms with Gasteiger partial charge < -0.3 is 15.3 Å². The van der Waals surface area contributed by atoms with Crippen molar-refractivity contribution in [3.8, 4) is 0 Å². The van der Waals surface area contributed by atoms with Crippen LogP contribution in [0.4, 0.5) is 0 Å². The van der Waals surface area contributed by atoms with Gasteiger partial charge in [-0.25, -0.2) is 4.79 Å². The van der Waals surface area contributed by atoms with Crippen molar-refractivity contribution in [3.63, 3.8) is 0 Å². The number of hydrogen-bond acceptors (Lipinski definition) is 4. The van der Waals surface area contributed by atoms with Crippen LogP contribution in [0.15, 0.2) is 24.3 Å². The van der Waals surface area contributed by atoms with Gasteiger partial charge >= 0.3 is 5.97 Å². The zero-order valence-corrected chi connectivity index (χ0v) is 16.1. The van der Waals surface area contributed by atoms with E-state index in [9.17, 15) is 19.5 Å². The molecule has 0 saturated carbocycles. The number of likely N-dealkylation sites (tertiary alicyclic amines) is 1. The second kappa shape index (κ2) is 9.62. The van der Waals surface area contributed by atoms with Gasteiger partial charge in [0.2, 0.25) is 11.8 Å². The molecule has 6 nitrogen and oxygen atoms in total. The fourth-order valence-electron chi connectivity index (χ4n) is 3.07. The van der Waals surface area contributed by atoms with Crippen molar-refractivity contribution in [2.45, 2.75) is 51.2 Å². The Bertz CT molecular complexity index is 647. The van der Waals surface area contributed by atoms with Crippen LogP contribution in [0.2, 0.25) is 0 Å². The first-order valence-electron chi connectivity index (χ1n) is 8.77. The van der Waals surface area contributed by atoms with Crippen LogP contribution in [-0.4, -0.2) is 51.9 Å². The van der Waals surface area contributed by atoms with Crippen LogP contribution in [0.25, 0.3) is 0 Å². The molecule has 1 unspecified atom stereocenters. The molecular weight excluding hydrogens is 352 g/mol. The summed E-state index contributed by atoms with van der Waals surface area (Å²) in [5.41, 5.74) is 2.18. The fourth-order valence-corrected chi connectivity index (χ4v) is 3.54. The zero-order chi connectivity index (χ0) is 19.1. The molecule has 1 fully saturated rings. The molecule has 1 aromatic carbocycles. The average molecular weight is 378 g/mol. The van der Waals surface area contributed by atoms with Crippen molar-refractivity contribution in [2.75, 3.05) is 12.0 Å². The summed E-state index contributed by atoms with van der Waals surface area (Å²) in [7, 11) is 0. The third kappa shape index (κ3) is 5.76. The largest absolute Gasteiger partial charge is 0.480 e. The number of carbonyl (C=O) groups excluding carboxylic acids is 2. The van der Waals surface area contributed by atoms with Crippen molar-refractivity contribution < 1.29 is 19.5 Å². The summed E-state index contributed by atoms with van der Waals surface area (Å²) in [5, 5.41) is 11.8. The molecular formula is C19H26N2O4S. The van der Waals surface area contributed by atoms with Crippen LogP contribution >= 0.6 is 11.8 Å². The number of hydrogen-bond donors (Lipinski definition) is 2. The predicted molar refractivity (Wildman–Crippen MR) is 102 cm³/mol. The molecule has 1 heterocycles. The standard InChI is InChI=1S/C19H26N2O4S/c1-13-3-5-14(6-4-13)12-21-15(7-8-18(21)23)11-17(22)20-16(19(24)25)9-10-26-2/h3-6,15-16H,7-12H2,1-2H3,(H,20,22)(H,24,25)/t15?,16-/m1/s1. The van der Waals surface area contributed by atoms with E-state index in [-0.39, 0.29) is 24.3 Å². The smallest absolute Gasteiger partial charge is 0.326 e. The number of aliphatic carboxylic acids is 1. The molecule has 7 heteroatoms. The first-order valence-corrected chi connectivity index (χ1v) is 10.2. The first-order chi connectivity index (χ1) is 12.4. The van der Waals surface area contributed by atoms with Crippen molar-refractivity contribution in [3.05, 3.63) is 35.4 Å². The van der Waals surface area contributed by atoms with E-state index >= 15 is 0 Å². The molecule has 1 aliphatic heterocycles. The number of thioether (sulfide) groups is 1. The fraction of sp³-hybridized carbons (Fsp3) is 0.526. The van der Waals surface area contributed by atoms with Crippen LogP contribution in [0.3, 0.4) is 0 Å². The van der Waals surface area contributed by atoms with E-state index < -0.39 is 12.0 Å². The second-order valence-corrected chi connectivity index (χ2v) is 7.63. The minimum absolute atomic E-state index is 0.0422. The number of nitrogens with one attached hydrogen (secondary N) is 1. The molecule has 2 rings (SSSR count). The van der Waals surface area contributed by atoms with Crippen molar-refractivity contribution in [1.82, 2.24) is 10.2 Å². The van der Waals surface area contributed by atoms with Crippen LogP contribution in [-0.2, 0) is 20.9 Å². The number of amides is 2. The lowest BCUT2D eigenvalue weighted by molar-refractivity contribution is -0.142. The van der Waals surface area contributed by atoms with Gasteiger partial charge in [-0.2, -0.15) is 11.8 Å². The molecule has 0 bridgehead atoms. The SMILES string of the molecule is CSCC[C@@H](NC(=O)CC1CCC(=O)N1Cc1ccc(C)cc1)C(=O)O. The van der Waals surface area contributed by atoms with E-state index in [0.717, 1.165) is 11.1 Å². The Hall–Kier alpha value is -2.02. The number of rotatable bonds is 9. The molecule has 0 aliphatic carbocycles. The van der Waals surface area contributed by atoms with Crippen LogP contribution < -0.4 is 5.32 Å². The maximum atomic E-state index is 12.3. The van der Waals surface area contributed by atoms with E-state index in [2.05, 4.69) is 5.32 Å². The van der Waals surface area contributed by atoms with Crippen LogP contribution in [0.1, 0.15) is 36.8 Å². The molecule has 0 radical (unpaired) electrons. The summed E-state index contributed by atoms with van der Waals surface area (Å²) in [6.07, 6.45) is 3.48. The van der Waals surface area contributed by atoms with E-state index in [1.165, 1.54) is 0 Å². The van der Waals surface area contributed by atoms with Crippen LogP contribution in [0.5, 0.6) is 0 Å². The summed E-state index contributed by atoms with van der Waals surface area (Å²) >= 11 is 1.54. The minimum atomic E-state index is -1.02. The number of carbonyl (C=O) groups is 3. The highest BCUT2D eigenvalue weighted by Crippen LogP contribution is 2.24. The molecule has 142 valence electrons. The van der Waals surface area contributed by atoms with E-state index in [4.69, 9.17) is 0 Å². The lowest BCUT2D eigenvalue weighted by Crippen LogP contribution is -2.44. The topological polar surface area (TPSA) is 86.7 Å². The Morgan fingerprint density at radius 2 is 2.04 bits per heavy atom. The molecule has 1 aromatic rings. The van der Waals surface area contributed by atoms with Gasteiger partial charge in [-0.1, -0.05) is 29.8 Å². The van der Waals surface area contributed by atoms with Gasteiger partial charge in [-0.3, -0.25) is 9.59 Å². The number of benzene rings is 1. The minimum Gasteiger partial charge on any atom is -0.480 e. The van der Waals surface area contributed by atoms with Gasteiger partial charge in [0.1, 0.15) is 6.04 Å². The predicted octanol–water partition coefficient (Wildman–Crippen LogP) is 2.20. The Morgan fingerprint density at radius 3 is 2.65 bits per heavy atom. The summed E-state index contributed by atoms with van der Waals surface area (Å²) in [6, 6.07) is 6.92. The summed E-state index contributed by atoms with van der Waals surface area (Å²) in [4.78, 5) is 37.5. The highest BCUT2D eigenvalue weighted by atomic mass is 32.2. The molecule has 2 atom stereocenters. The zero-order valence-electron chi connectivity index (χ0n) is 15.2. The Kier molecular flexibility index (Phi) is 7.50. The Labute approximate surface area is 158 Å². The van der Waals surface area contributed by atoms with Crippen LogP contribution in [0, 0.1) is 6.92 Å². The molecule has 26 heavy (non-hydrogen) atoms. The van der Waals surface area contributed by atoms with Crippen molar-refractivity contribution >= 4 is 29.5 Å². The molecule has 0 aromatic heterocycles. The Morgan fingerprint density at radius 1 is 1.35 bits per heavy atom. The molecule has 2 amide bonds. The van der Waals surface area contributed by atoms with Gasteiger partial charge in [0.15, 0.2) is 0 Å². The summed E-state index contributed by atoms with van der Waals surface area (Å²) in [5.74, 6) is -0.627. The lowest BCUT2D eigenvalue weighted by Gasteiger charge is -2.25. The molecule has 0 spiro atoms. The highest BCUT2D eigenvalue weighted by Gasteiger charge is 2.33. The number of nitrogens with zero attached hydrogens (tertiary/aromatic N) is 1. The third-order valence-corrected chi connectivity index (χ3v) is 5.24.